The van der Waals surface area contributed by atoms with Crippen molar-refractivity contribution in [1.82, 2.24) is 4.90 Å². The van der Waals surface area contributed by atoms with Crippen molar-refractivity contribution < 1.29 is 0 Å². The van der Waals surface area contributed by atoms with Crippen molar-refractivity contribution in [2.24, 2.45) is 5.73 Å². The fourth-order valence-electron chi connectivity index (χ4n) is 3.80. The van der Waals surface area contributed by atoms with Gasteiger partial charge in [-0.25, -0.2) is 0 Å². The lowest BCUT2D eigenvalue weighted by Crippen LogP contribution is -2.40. The first-order valence-electron chi connectivity index (χ1n) is 7.90. The van der Waals surface area contributed by atoms with E-state index in [9.17, 15) is 0 Å². The van der Waals surface area contributed by atoms with E-state index in [2.05, 4.69) is 29.2 Å². The summed E-state index contributed by atoms with van der Waals surface area (Å²) in [5.74, 6) is 0.773. The molecule has 1 aromatic carbocycles. The Morgan fingerprint density at radius 1 is 1.16 bits per heavy atom. The molecule has 104 valence electrons. The van der Waals surface area contributed by atoms with Crippen LogP contribution in [0.2, 0.25) is 0 Å². The molecule has 2 heteroatoms. The second-order valence-corrected chi connectivity index (χ2v) is 6.18. The molecule has 0 aromatic heterocycles. The zero-order valence-electron chi connectivity index (χ0n) is 11.9. The number of fused-ring (bicyclic) bond motifs is 1. The van der Waals surface area contributed by atoms with E-state index < -0.39 is 0 Å². The number of nitrogens with two attached hydrogens (primary N) is 1. The van der Waals surface area contributed by atoms with Crippen LogP contribution < -0.4 is 5.73 Å². The number of hydrogen-bond donors (Lipinski definition) is 1. The molecule has 0 spiro atoms. The van der Waals surface area contributed by atoms with Crippen molar-refractivity contribution in [2.45, 2.75) is 50.5 Å². The zero-order valence-corrected chi connectivity index (χ0v) is 11.9. The fraction of sp³-hybridized carbons (Fsp3) is 0.647. The van der Waals surface area contributed by atoms with Gasteiger partial charge in [-0.1, -0.05) is 37.1 Å². The summed E-state index contributed by atoms with van der Waals surface area (Å²) in [7, 11) is 0. The van der Waals surface area contributed by atoms with Gasteiger partial charge < -0.3 is 5.73 Å². The Morgan fingerprint density at radius 3 is 2.68 bits per heavy atom. The molecule has 0 aliphatic heterocycles. The van der Waals surface area contributed by atoms with Crippen LogP contribution in [-0.2, 0) is 6.42 Å². The molecule has 2 N–H and O–H groups in total. The maximum Gasteiger partial charge on any atom is 0.00955 e. The zero-order chi connectivity index (χ0) is 13.1. The molecule has 19 heavy (non-hydrogen) atoms. The first-order valence-corrected chi connectivity index (χ1v) is 7.90. The van der Waals surface area contributed by atoms with Crippen molar-refractivity contribution in [1.29, 1.82) is 0 Å². The highest BCUT2D eigenvalue weighted by molar-refractivity contribution is 5.40. The van der Waals surface area contributed by atoms with Gasteiger partial charge in [0.05, 0.1) is 0 Å². The quantitative estimate of drug-likeness (QED) is 0.850. The summed E-state index contributed by atoms with van der Waals surface area (Å²) >= 11 is 0. The van der Waals surface area contributed by atoms with Gasteiger partial charge in [0.15, 0.2) is 0 Å². The minimum atomic E-state index is 0.773. The molecule has 0 amide bonds. The van der Waals surface area contributed by atoms with Crippen LogP contribution in [0.15, 0.2) is 24.3 Å². The molecule has 0 radical (unpaired) electrons. The van der Waals surface area contributed by atoms with E-state index in [0.717, 1.165) is 24.9 Å². The van der Waals surface area contributed by atoms with Crippen LogP contribution in [0, 0.1) is 0 Å². The van der Waals surface area contributed by atoms with Crippen LogP contribution in [0.5, 0.6) is 0 Å². The predicted octanol–water partition coefficient (Wildman–Crippen LogP) is 2.92. The van der Waals surface area contributed by atoms with Crippen molar-refractivity contribution in [3.05, 3.63) is 35.4 Å². The summed E-state index contributed by atoms with van der Waals surface area (Å²) in [5.41, 5.74) is 8.87. The smallest absolute Gasteiger partial charge is 0.00955 e. The second-order valence-electron chi connectivity index (χ2n) is 6.18. The van der Waals surface area contributed by atoms with Crippen molar-refractivity contribution >= 4 is 0 Å². The van der Waals surface area contributed by atoms with E-state index in [1.807, 2.05) is 0 Å². The molecule has 2 aliphatic rings. The monoisotopic (exact) mass is 258 g/mol. The molecule has 1 aromatic rings. The average molecular weight is 258 g/mol. The third kappa shape index (κ3) is 2.85. The van der Waals surface area contributed by atoms with E-state index >= 15 is 0 Å². The minimum absolute atomic E-state index is 0.773. The van der Waals surface area contributed by atoms with Crippen LogP contribution in [0.25, 0.3) is 0 Å². The summed E-state index contributed by atoms with van der Waals surface area (Å²) in [6.45, 7) is 3.27. The van der Waals surface area contributed by atoms with E-state index in [0.29, 0.717) is 0 Å². The van der Waals surface area contributed by atoms with Gasteiger partial charge in [0, 0.05) is 18.5 Å². The van der Waals surface area contributed by atoms with Crippen LogP contribution in [-0.4, -0.2) is 30.6 Å². The molecule has 0 saturated heterocycles. The van der Waals surface area contributed by atoms with Crippen LogP contribution in [0.3, 0.4) is 0 Å². The summed E-state index contributed by atoms with van der Waals surface area (Å²) in [5, 5.41) is 0. The summed E-state index contributed by atoms with van der Waals surface area (Å²) in [6, 6.07) is 9.78. The Bertz CT molecular complexity index is 409. The highest BCUT2D eigenvalue weighted by Crippen LogP contribution is 2.36. The topological polar surface area (TPSA) is 29.3 Å². The summed E-state index contributed by atoms with van der Waals surface area (Å²) in [6.07, 6.45) is 8.07. The molecular weight excluding hydrogens is 232 g/mol. The average Bonchev–Trinajstić information content (AvgIpc) is 2.93. The predicted molar refractivity (Wildman–Crippen MR) is 80.4 cm³/mol. The van der Waals surface area contributed by atoms with Gasteiger partial charge in [-0.05, 0) is 49.9 Å². The first kappa shape index (κ1) is 13.1. The Kier molecular flexibility index (Phi) is 4.19. The maximum atomic E-state index is 5.70. The third-order valence-electron chi connectivity index (χ3n) is 4.91. The van der Waals surface area contributed by atoms with Gasteiger partial charge in [0.25, 0.3) is 0 Å². The Labute approximate surface area is 117 Å². The maximum absolute atomic E-state index is 5.70. The molecule has 1 unspecified atom stereocenters. The Balaban J connectivity index is 1.62. The van der Waals surface area contributed by atoms with Crippen LogP contribution in [0.1, 0.15) is 49.1 Å². The SMILES string of the molecule is NCCCN(CC1Cc2ccccc21)C1CCCC1. The van der Waals surface area contributed by atoms with E-state index in [1.54, 1.807) is 11.1 Å². The number of rotatable bonds is 6. The van der Waals surface area contributed by atoms with Gasteiger partial charge in [0.1, 0.15) is 0 Å². The number of benzene rings is 1. The molecule has 1 saturated carbocycles. The van der Waals surface area contributed by atoms with Crippen molar-refractivity contribution in [3.63, 3.8) is 0 Å². The van der Waals surface area contributed by atoms with Crippen molar-refractivity contribution in [2.75, 3.05) is 19.6 Å². The van der Waals surface area contributed by atoms with Crippen LogP contribution >= 0.6 is 0 Å². The molecule has 1 fully saturated rings. The molecule has 1 atom stereocenters. The third-order valence-corrected chi connectivity index (χ3v) is 4.91. The van der Waals surface area contributed by atoms with Crippen molar-refractivity contribution in [3.8, 4) is 0 Å². The standard InChI is InChI=1S/C17H26N2/c18-10-5-11-19(16-7-2-3-8-16)13-15-12-14-6-1-4-9-17(14)15/h1,4,6,9,15-16H,2-3,5,7-8,10-13,18H2. The highest BCUT2D eigenvalue weighted by atomic mass is 15.2. The first-order chi connectivity index (χ1) is 9.38. The number of hydrogen-bond acceptors (Lipinski definition) is 2. The molecule has 0 heterocycles. The second kappa shape index (κ2) is 6.06. The highest BCUT2D eigenvalue weighted by Gasteiger charge is 2.30. The molecule has 3 rings (SSSR count). The van der Waals surface area contributed by atoms with Crippen LogP contribution in [0.4, 0.5) is 0 Å². The van der Waals surface area contributed by atoms with E-state index in [1.165, 1.54) is 45.2 Å². The van der Waals surface area contributed by atoms with Gasteiger partial charge in [0.2, 0.25) is 0 Å². The van der Waals surface area contributed by atoms with Gasteiger partial charge in [-0.3, -0.25) is 4.90 Å². The van der Waals surface area contributed by atoms with Gasteiger partial charge >= 0.3 is 0 Å². The largest absolute Gasteiger partial charge is 0.330 e. The molecule has 2 nitrogen and oxygen atoms in total. The lowest BCUT2D eigenvalue weighted by Gasteiger charge is -2.37. The number of nitrogens with zero attached hydrogens (tertiary/aromatic N) is 1. The minimum Gasteiger partial charge on any atom is -0.330 e. The van der Waals surface area contributed by atoms with Gasteiger partial charge in [-0.15, -0.1) is 0 Å². The summed E-state index contributed by atoms with van der Waals surface area (Å²) in [4.78, 5) is 2.74. The molecular formula is C17H26N2. The van der Waals surface area contributed by atoms with Gasteiger partial charge in [-0.2, -0.15) is 0 Å². The Morgan fingerprint density at radius 2 is 1.95 bits per heavy atom. The normalized spacial score (nSPS) is 22.5. The lowest BCUT2D eigenvalue weighted by molar-refractivity contribution is 0.179. The molecule has 2 aliphatic carbocycles. The van der Waals surface area contributed by atoms with E-state index in [-0.39, 0.29) is 0 Å². The lowest BCUT2D eigenvalue weighted by atomic mass is 9.77. The Hall–Kier alpha value is -0.860. The summed E-state index contributed by atoms with van der Waals surface area (Å²) < 4.78 is 0. The fourth-order valence-corrected chi connectivity index (χ4v) is 3.80. The molecule has 0 bridgehead atoms. The van der Waals surface area contributed by atoms with E-state index in [4.69, 9.17) is 5.73 Å².